The summed E-state index contributed by atoms with van der Waals surface area (Å²) in [6.07, 6.45) is 2.18. The van der Waals surface area contributed by atoms with Crippen molar-refractivity contribution in [3.63, 3.8) is 0 Å². The molecule has 26 heavy (non-hydrogen) atoms. The molecule has 1 aromatic heterocycles. The molecular formula is C18H23N5O3. The standard InChI is InChI=1S/C18H23N5O3/c1-9-8-10(2)21-14(20-9)13-11-12(16(25)23(3)15(11)24)18(22-13)6-4-5-7-19-17(18)26/h8,11-13,22H,4-7H2,1-3H3,(H,19,26)/t11-,12-,13+,18-/m0/s1. The normalized spacial score (nSPS) is 34.2. The van der Waals surface area contributed by atoms with Crippen molar-refractivity contribution in [2.75, 3.05) is 13.6 Å². The van der Waals surface area contributed by atoms with Crippen LogP contribution in [-0.2, 0) is 14.4 Å². The fourth-order valence-electron chi connectivity index (χ4n) is 4.70. The van der Waals surface area contributed by atoms with Crippen LogP contribution < -0.4 is 10.6 Å². The van der Waals surface area contributed by atoms with Crippen LogP contribution in [0, 0.1) is 25.7 Å². The van der Waals surface area contributed by atoms with Gasteiger partial charge in [-0.25, -0.2) is 9.97 Å². The average Bonchev–Trinajstić information content (AvgIpc) is 2.96. The topological polar surface area (TPSA) is 104 Å². The lowest BCUT2D eigenvalue weighted by Crippen LogP contribution is -2.58. The molecule has 0 unspecified atom stereocenters. The van der Waals surface area contributed by atoms with Crippen LogP contribution in [0.15, 0.2) is 6.07 Å². The minimum atomic E-state index is -1.08. The summed E-state index contributed by atoms with van der Waals surface area (Å²) in [5.74, 6) is -1.66. The van der Waals surface area contributed by atoms with Crippen LogP contribution in [-0.4, -0.2) is 51.7 Å². The summed E-state index contributed by atoms with van der Waals surface area (Å²) in [6.45, 7) is 4.32. The van der Waals surface area contributed by atoms with Crippen LogP contribution in [0.5, 0.6) is 0 Å². The summed E-state index contributed by atoms with van der Waals surface area (Å²) in [4.78, 5) is 48.8. The van der Waals surface area contributed by atoms with Crippen molar-refractivity contribution in [2.24, 2.45) is 11.8 Å². The molecule has 4 heterocycles. The molecule has 0 radical (unpaired) electrons. The quantitative estimate of drug-likeness (QED) is 0.686. The van der Waals surface area contributed by atoms with Gasteiger partial charge in [-0.2, -0.15) is 0 Å². The fourth-order valence-corrected chi connectivity index (χ4v) is 4.70. The monoisotopic (exact) mass is 357 g/mol. The highest BCUT2D eigenvalue weighted by atomic mass is 16.2. The number of aromatic nitrogens is 2. The maximum absolute atomic E-state index is 13.0. The Bertz CT molecular complexity index is 790. The van der Waals surface area contributed by atoms with E-state index in [2.05, 4.69) is 20.6 Å². The number of amides is 3. The molecule has 1 aromatic rings. The van der Waals surface area contributed by atoms with E-state index in [1.807, 2.05) is 19.9 Å². The molecule has 3 saturated heterocycles. The molecule has 0 aliphatic carbocycles. The molecule has 1 spiro atoms. The van der Waals surface area contributed by atoms with E-state index >= 15 is 0 Å². The molecule has 4 atom stereocenters. The molecule has 3 aliphatic heterocycles. The molecule has 4 rings (SSSR count). The Hall–Kier alpha value is -2.35. The molecule has 0 aromatic carbocycles. The van der Waals surface area contributed by atoms with E-state index in [1.54, 1.807) is 0 Å². The van der Waals surface area contributed by atoms with Crippen LogP contribution in [0.3, 0.4) is 0 Å². The van der Waals surface area contributed by atoms with Crippen LogP contribution in [0.4, 0.5) is 0 Å². The maximum Gasteiger partial charge on any atom is 0.241 e. The van der Waals surface area contributed by atoms with Crippen molar-refractivity contribution in [1.82, 2.24) is 25.5 Å². The lowest BCUT2D eigenvalue weighted by atomic mass is 9.77. The van der Waals surface area contributed by atoms with E-state index in [4.69, 9.17) is 0 Å². The molecule has 138 valence electrons. The lowest BCUT2D eigenvalue weighted by molar-refractivity contribution is -0.142. The summed E-state index contributed by atoms with van der Waals surface area (Å²) in [7, 11) is 1.49. The van der Waals surface area contributed by atoms with Crippen molar-refractivity contribution in [1.29, 1.82) is 0 Å². The molecule has 3 aliphatic rings. The van der Waals surface area contributed by atoms with Gasteiger partial charge in [0.2, 0.25) is 17.7 Å². The van der Waals surface area contributed by atoms with Crippen molar-refractivity contribution in [3.05, 3.63) is 23.3 Å². The summed E-state index contributed by atoms with van der Waals surface area (Å²) in [5.41, 5.74) is 0.508. The van der Waals surface area contributed by atoms with E-state index < -0.39 is 23.4 Å². The molecule has 3 fully saturated rings. The molecule has 3 amide bonds. The van der Waals surface area contributed by atoms with Gasteiger partial charge < -0.3 is 5.32 Å². The predicted octanol–water partition coefficient (Wildman–Crippen LogP) is 0.00764. The zero-order valence-corrected chi connectivity index (χ0v) is 15.2. The molecule has 8 heteroatoms. The Labute approximate surface area is 151 Å². The Kier molecular flexibility index (Phi) is 3.83. The number of hydrogen-bond acceptors (Lipinski definition) is 6. The molecule has 2 N–H and O–H groups in total. The second-order valence-electron chi connectivity index (χ2n) is 7.55. The zero-order valence-electron chi connectivity index (χ0n) is 15.2. The number of nitrogens with one attached hydrogen (secondary N) is 2. The summed E-state index contributed by atoms with van der Waals surface area (Å²) in [6, 6.07) is 1.31. The Morgan fingerprint density at radius 2 is 1.81 bits per heavy atom. The van der Waals surface area contributed by atoms with Gasteiger partial charge in [-0.3, -0.25) is 24.6 Å². The minimum absolute atomic E-state index is 0.201. The first-order valence-corrected chi connectivity index (χ1v) is 9.05. The number of fused-ring (bicyclic) bond motifs is 2. The Morgan fingerprint density at radius 1 is 1.12 bits per heavy atom. The zero-order chi connectivity index (χ0) is 18.6. The van der Waals surface area contributed by atoms with Gasteiger partial charge >= 0.3 is 0 Å². The number of hydrogen-bond donors (Lipinski definition) is 2. The number of likely N-dealkylation sites (tertiary alicyclic amines) is 1. The second-order valence-corrected chi connectivity index (χ2v) is 7.55. The first-order valence-electron chi connectivity index (χ1n) is 9.05. The number of aryl methyl sites for hydroxylation is 2. The summed E-state index contributed by atoms with van der Waals surface area (Å²) >= 11 is 0. The third kappa shape index (κ3) is 2.28. The van der Waals surface area contributed by atoms with Gasteiger partial charge in [0.05, 0.1) is 17.9 Å². The van der Waals surface area contributed by atoms with Crippen molar-refractivity contribution < 1.29 is 14.4 Å². The number of nitrogens with zero attached hydrogens (tertiary/aromatic N) is 3. The average molecular weight is 357 g/mol. The Balaban J connectivity index is 1.85. The molecule has 0 saturated carbocycles. The maximum atomic E-state index is 13.0. The predicted molar refractivity (Wildman–Crippen MR) is 91.7 cm³/mol. The number of imide groups is 1. The highest BCUT2D eigenvalue weighted by Crippen LogP contribution is 2.50. The first-order chi connectivity index (χ1) is 12.3. The van der Waals surface area contributed by atoms with E-state index in [1.165, 1.54) is 7.05 Å². The summed E-state index contributed by atoms with van der Waals surface area (Å²) in [5, 5.41) is 6.26. The van der Waals surface area contributed by atoms with Gasteiger partial charge in [0.25, 0.3) is 0 Å². The van der Waals surface area contributed by atoms with Crippen molar-refractivity contribution in [2.45, 2.75) is 44.7 Å². The van der Waals surface area contributed by atoms with Gasteiger partial charge in [-0.05, 0) is 39.2 Å². The van der Waals surface area contributed by atoms with Crippen molar-refractivity contribution in [3.8, 4) is 0 Å². The molecular weight excluding hydrogens is 334 g/mol. The second kappa shape index (κ2) is 5.84. The number of carbonyl (C=O) groups excluding carboxylic acids is 3. The smallest absolute Gasteiger partial charge is 0.241 e. The highest BCUT2D eigenvalue weighted by molar-refractivity contribution is 6.09. The van der Waals surface area contributed by atoms with Crippen LogP contribution in [0.2, 0.25) is 0 Å². The van der Waals surface area contributed by atoms with Gasteiger partial charge in [0.1, 0.15) is 11.4 Å². The Morgan fingerprint density at radius 3 is 2.50 bits per heavy atom. The summed E-state index contributed by atoms with van der Waals surface area (Å²) < 4.78 is 0. The van der Waals surface area contributed by atoms with Crippen LogP contribution in [0.1, 0.15) is 42.5 Å². The number of carbonyl (C=O) groups is 3. The largest absolute Gasteiger partial charge is 0.354 e. The van der Waals surface area contributed by atoms with Gasteiger partial charge in [-0.1, -0.05) is 0 Å². The third-order valence-corrected chi connectivity index (χ3v) is 5.84. The highest BCUT2D eigenvalue weighted by Gasteiger charge is 2.68. The van der Waals surface area contributed by atoms with E-state index in [-0.39, 0.29) is 17.7 Å². The fraction of sp³-hybridized carbons (Fsp3) is 0.611. The van der Waals surface area contributed by atoms with Gasteiger partial charge in [0, 0.05) is 25.0 Å². The van der Waals surface area contributed by atoms with E-state index in [9.17, 15) is 14.4 Å². The van der Waals surface area contributed by atoms with Crippen molar-refractivity contribution >= 4 is 17.7 Å². The molecule has 0 bridgehead atoms. The van der Waals surface area contributed by atoms with Crippen LogP contribution in [0.25, 0.3) is 0 Å². The van der Waals surface area contributed by atoms with E-state index in [0.717, 1.165) is 29.1 Å². The lowest BCUT2D eigenvalue weighted by Gasteiger charge is -2.31. The van der Waals surface area contributed by atoms with Gasteiger partial charge in [0.15, 0.2) is 0 Å². The molecule has 8 nitrogen and oxygen atoms in total. The number of rotatable bonds is 1. The van der Waals surface area contributed by atoms with Crippen LogP contribution >= 0.6 is 0 Å². The SMILES string of the molecule is Cc1cc(C)nc([C@@H]2N[C@@]3(CCCCNC3=O)[C@@H]3C(=O)N(C)C(=O)[C@@H]32)n1. The third-order valence-electron chi connectivity index (χ3n) is 5.84. The van der Waals surface area contributed by atoms with Gasteiger partial charge in [-0.15, -0.1) is 0 Å². The first kappa shape index (κ1) is 17.1. The minimum Gasteiger partial charge on any atom is -0.354 e. The van der Waals surface area contributed by atoms with E-state index in [0.29, 0.717) is 18.8 Å².